The highest BCUT2D eigenvalue weighted by Crippen LogP contribution is 2.31. The molecular formula is C16H13Cl3FN3O. The number of amidine groups is 1. The Morgan fingerprint density at radius 3 is 2.17 bits per heavy atom. The summed E-state index contributed by atoms with van der Waals surface area (Å²) in [4.78, 5) is 16.3. The van der Waals surface area contributed by atoms with Crippen LogP contribution in [0.4, 0.5) is 4.39 Å². The van der Waals surface area contributed by atoms with Crippen LogP contribution in [0.5, 0.6) is 0 Å². The van der Waals surface area contributed by atoms with Crippen molar-refractivity contribution in [2.45, 2.75) is 9.96 Å². The van der Waals surface area contributed by atoms with Gasteiger partial charge in [0, 0.05) is 11.1 Å². The molecule has 0 radical (unpaired) electrons. The molecule has 0 saturated heterocycles. The van der Waals surface area contributed by atoms with E-state index in [1.165, 1.54) is 12.1 Å². The van der Waals surface area contributed by atoms with Gasteiger partial charge in [-0.05, 0) is 24.3 Å². The molecule has 24 heavy (non-hydrogen) atoms. The zero-order valence-electron chi connectivity index (χ0n) is 12.2. The maximum Gasteiger partial charge on any atom is 0.253 e. The van der Waals surface area contributed by atoms with E-state index in [0.29, 0.717) is 5.56 Å². The predicted molar refractivity (Wildman–Crippen MR) is 95.1 cm³/mol. The molecule has 8 heteroatoms. The first-order valence-corrected chi connectivity index (χ1v) is 7.92. The third kappa shape index (κ3) is 5.09. The number of rotatable bonds is 4. The van der Waals surface area contributed by atoms with Gasteiger partial charge in [-0.2, -0.15) is 0 Å². The summed E-state index contributed by atoms with van der Waals surface area (Å²) >= 11 is 17.6. The molecule has 0 aliphatic carbocycles. The first-order chi connectivity index (χ1) is 11.3. The summed E-state index contributed by atoms with van der Waals surface area (Å²) in [5.74, 6) is -0.932. The number of hydrogen-bond acceptors (Lipinski definition) is 2. The van der Waals surface area contributed by atoms with E-state index in [-0.39, 0.29) is 11.4 Å². The molecule has 1 atom stereocenters. The Kier molecular flexibility index (Phi) is 6.04. The Morgan fingerprint density at radius 2 is 1.62 bits per heavy atom. The van der Waals surface area contributed by atoms with E-state index in [0.717, 1.165) is 12.1 Å². The van der Waals surface area contributed by atoms with Gasteiger partial charge in [0.2, 0.25) is 3.79 Å². The summed E-state index contributed by atoms with van der Waals surface area (Å²) in [5.41, 5.74) is 6.72. The number of hydrogen-bond donors (Lipinski definition) is 2. The number of alkyl halides is 3. The van der Waals surface area contributed by atoms with E-state index in [4.69, 9.17) is 40.5 Å². The minimum absolute atomic E-state index is 0.103. The maximum absolute atomic E-state index is 12.9. The molecule has 0 bridgehead atoms. The molecule has 2 aromatic rings. The van der Waals surface area contributed by atoms with E-state index in [2.05, 4.69) is 10.3 Å². The van der Waals surface area contributed by atoms with E-state index in [9.17, 15) is 9.18 Å². The molecule has 0 aliphatic heterocycles. The standard InChI is InChI=1S/C16H13Cl3FN3O/c17-16(18,19)15(22-13(21)10-4-2-1-3-5-10)23-14(24)11-6-8-12(20)9-7-11/h1-9,15H,(H2,21,22)(H,23,24). The number of carbonyl (C=O) groups excluding carboxylic acids is 1. The number of nitrogens with one attached hydrogen (secondary N) is 1. The van der Waals surface area contributed by atoms with Crippen LogP contribution < -0.4 is 11.1 Å². The van der Waals surface area contributed by atoms with Crippen LogP contribution in [0.25, 0.3) is 0 Å². The van der Waals surface area contributed by atoms with Crippen LogP contribution in [0.2, 0.25) is 0 Å². The van der Waals surface area contributed by atoms with E-state index in [1.807, 2.05) is 6.07 Å². The summed E-state index contributed by atoms with van der Waals surface area (Å²) in [6, 6.07) is 13.8. The number of amides is 1. The Labute approximate surface area is 153 Å². The first kappa shape index (κ1) is 18.5. The average Bonchev–Trinajstić information content (AvgIpc) is 2.54. The molecule has 4 nitrogen and oxygen atoms in total. The summed E-state index contributed by atoms with van der Waals surface area (Å²) in [6.45, 7) is 0. The van der Waals surface area contributed by atoms with Gasteiger partial charge in [0.25, 0.3) is 5.91 Å². The molecule has 2 aromatic carbocycles. The zero-order chi connectivity index (χ0) is 17.7. The fourth-order valence-corrected chi connectivity index (χ4v) is 2.13. The average molecular weight is 389 g/mol. The quantitative estimate of drug-likeness (QED) is 0.477. The lowest BCUT2D eigenvalue weighted by Gasteiger charge is -2.22. The predicted octanol–water partition coefficient (Wildman–Crippen LogP) is 3.66. The second-order valence-corrected chi connectivity index (χ2v) is 7.17. The summed E-state index contributed by atoms with van der Waals surface area (Å²) in [6.07, 6.45) is -1.22. The van der Waals surface area contributed by atoms with Crippen molar-refractivity contribution in [1.29, 1.82) is 0 Å². The van der Waals surface area contributed by atoms with Gasteiger partial charge >= 0.3 is 0 Å². The van der Waals surface area contributed by atoms with Crippen molar-refractivity contribution < 1.29 is 9.18 Å². The van der Waals surface area contributed by atoms with Crippen molar-refractivity contribution in [1.82, 2.24) is 5.32 Å². The van der Waals surface area contributed by atoms with Gasteiger partial charge in [-0.25, -0.2) is 9.38 Å². The lowest BCUT2D eigenvalue weighted by atomic mass is 10.2. The molecule has 1 amide bonds. The van der Waals surface area contributed by atoms with Gasteiger partial charge in [0.05, 0.1) is 0 Å². The third-order valence-electron chi connectivity index (χ3n) is 3.02. The fraction of sp³-hybridized carbons (Fsp3) is 0.125. The van der Waals surface area contributed by atoms with Crippen LogP contribution in [0, 0.1) is 5.82 Å². The van der Waals surface area contributed by atoms with E-state index >= 15 is 0 Å². The van der Waals surface area contributed by atoms with Crippen molar-refractivity contribution in [3.63, 3.8) is 0 Å². The van der Waals surface area contributed by atoms with Gasteiger partial charge in [-0.15, -0.1) is 0 Å². The number of benzene rings is 2. The number of nitrogens with two attached hydrogens (primary N) is 1. The number of nitrogens with zero attached hydrogens (tertiary/aromatic N) is 1. The molecule has 3 N–H and O–H groups in total. The molecule has 0 aliphatic rings. The molecule has 0 saturated carbocycles. The molecule has 126 valence electrons. The van der Waals surface area contributed by atoms with Crippen molar-refractivity contribution >= 4 is 46.5 Å². The summed E-state index contributed by atoms with van der Waals surface area (Å²) in [7, 11) is 0. The fourth-order valence-electron chi connectivity index (χ4n) is 1.82. The SMILES string of the molecule is N/C(=N\C(NC(=O)c1ccc(F)cc1)C(Cl)(Cl)Cl)c1ccccc1. The molecule has 2 rings (SSSR count). The van der Waals surface area contributed by atoms with E-state index < -0.39 is 21.7 Å². The molecule has 0 aromatic heterocycles. The van der Waals surface area contributed by atoms with Crippen molar-refractivity contribution in [2.75, 3.05) is 0 Å². The largest absolute Gasteiger partial charge is 0.383 e. The summed E-state index contributed by atoms with van der Waals surface area (Å²) < 4.78 is 11.0. The smallest absolute Gasteiger partial charge is 0.253 e. The van der Waals surface area contributed by atoms with Crippen LogP contribution in [0.3, 0.4) is 0 Å². The second kappa shape index (κ2) is 7.83. The van der Waals surface area contributed by atoms with Gasteiger partial charge in [-0.1, -0.05) is 65.1 Å². The number of carbonyl (C=O) groups is 1. The Bertz CT molecular complexity index is 730. The topological polar surface area (TPSA) is 67.5 Å². The number of halogens is 4. The maximum atomic E-state index is 12.9. The zero-order valence-corrected chi connectivity index (χ0v) is 14.5. The van der Waals surface area contributed by atoms with Gasteiger partial charge in [0.1, 0.15) is 11.7 Å². The van der Waals surface area contributed by atoms with Crippen LogP contribution in [-0.2, 0) is 0 Å². The van der Waals surface area contributed by atoms with Crippen molar-refractivity contribution in [2.24, 2.45) is 10.7 Å². The molecular weight excluding hydrogens is 376 g/mol. The Morgan fingerprint density at radius 1 is 1.04 bits per heavy atom. The van der Waals surface area contributed by atoms with Gasteiger partial charge in [-0.3, -0.25) is 4.79 Å². The normalized spacial score (nSPS) is 13.4. The molecule has 1 unspecified atom stereocenters. The lowest BCUT2D eigenvalue weighted by molar-refractivity contribution is 0.0939. The Balaban J connectivity index is 2.23. The van der Waals surface area contributed by atoms with Crippen LogP contribution in [0.15, 0.2) is 59.6 Å². The second-order valence-electron chi connectivity index (χ2n) is 4.80. The highest BCUT2D eigenvalue weighted by molar-refractivity contribution is 6.68. The Hall–Kier alpha value is -1.82. The summed E-state index contributed by atoms with van der Waals surface area (Å²) in [5, 5.41) is 2.47. The minimum atomic E-state index is -1.92. The minimum Gasteiger partial charge on any atom is -0.383 e. The van der Waals surface area contributed by atoms with Crippen molar-refractivity contribution in [3.8, 4) is 0 Å². The molecule has 0 heterocycles. The van der Waals surface area contributed by atoms with Crippen LogP contribution in [0.1, 0.15) is 15.9 Å². The highest BCUT2D eigenvalue weighted by atomic mass is 35.6. The molecule has 0 fully saturated rings. The van der Waals surface area contributed by atoms with Gasteiger partial charge in [0.15, 0.2) is 6.17 Å². The van der Waals surface area contributed by atoms with Crippen LogP contribution in [-0.4, -0.2) is 21.7 Å². The number of aliphatic imine (C=N–C) groups is 1. The highest BCUT2D eigenvalue weighted by Gasteiger charge is 2.34. The molecule has 0 spiro atoms. The third-order valence-corrected chi connectivity index (χ3v) is 3.64. The monoisotopic (exact) mass is 387 g/mol. The first-order valence-electron chi connectivity index (χ1n) is 6.79. The van der Waals surface area contributed by atoms with E-state index in [1.54, 1.807) is 24.3 Å². The van der Waals surface area contributed by atoms with Crippen molar-refractivity contribution in [3.05, 3.63) is 71.5 Å². The van der Waals surface area contributed by atoms with Gasteiger partial charge < -0.3 is 11.1 Å². The lowest BCUT2D eigenvalue weighted by Crippen LogP contribution is -2.43. The van der Waals surface area contributed by atoms with Crippen LogP contribution >= 0.6 is 34.8 Å².